The highest BCUT2D eigenvalue weighted by Gasteiger charge is 2.26. The van der Waals surface area contributed by atoms with Crippen LogP contribution in [0.1, 0.15) is 36.0 Å². The summed E-state index contributed by atoms with van der Waals surface area (Å²) in [5, 5.41) is 8.69. The minimum absolute atomic E-state index is 0.217. The normalized spacial score (nSPS) is 15.4. The Hall–Kier alpha value is -2.83. The number of hydrogen-bond acceptors (Lipinski definition) is 5. The van der Waals surface area contributed by atoms with Crippen LogP contribution in [0.5, 0.6) is 0 Å². The maximum absolute atomic E-state index is 13.5. The van der Waals surface area contributed by atoms with Gasteiger partial charge in [0.1, 0.15) is 17.5 Å². The maximum atomic E-state index is 13.5. The lowest BCUT2D eigenvalue weighted by molar-refractivity contribution is 0.464. The van der Waals surface area contributed by atoms with Crippen molar-refractivity contribution in [3.8, 4) is 0 Å². The van der Waals surface area contributed by atoms with Crippen molar-refractivity contribution in [1.82, 2.24) is 24.7 Å². The summed E-state index contributed by atoms with van der Waals surface area (Å²) in [4.78, 5) is 10.9. The van der Waals surface area contributed by atoms with Crippen LogP contribution < -0.4 is 4.90 Å². The maximum Gasteiger partial charge on any atom is 0.225 e. The summed E-state index contributed by atoms with van der Waals surface area (Å²) in [6.45, 7) is 4.32. The molecule has 0 bridgehead atoms. The van der Waals surface area contributed by atoms with Crippen LogP contribution in [0.2, 0.25) is 0 Å². The van der Waals surface area contributed by atoms with E-state index in [9.17, 15) is 4.39 Å². The van der Waals surface area contributed by atoms with Gasteiger partial charge >= 0.3 is 0 Å². The second kappa shape index (κ2) is 7.19. The summed E-state index contributed by atoms with van der Waals surface area (Å²) >= 11 is 0. The molecule has 1 aromatic carbocycles. The van der Waals surface area contributed by atoms with Crippen molar-refractivity contribution in [2.24, 2.45) is 0 Å². The highest BCUT2D eigenvalue weighted by Crippen LogP contribution is 2.29. The first kappa shape index (κ1) is 16.6. The van der Waals surface area contributed by atoms with Crippen LogP contribution in [-0.4, -0.2) is 37.8 Å². The summed E-state index contributed by atoms with van der Waals surface area (Å²) in [7, 11) is 0. The average molecular weight is 352 g/mol. The summed E-state index contributed by atoms with van der Waals surface area (Å²) in [6.07, 6.45) is 5.49. The Morgan fingerprint density at radius 1 is 1.08 bits per heavy atom. The van der Waals surface area contributed by atoms with Crippen LogP contribution >= 0.6 is 0 Å². The van der Waals surface area contributed by atoms with Crippen molar-refractivity contribution in [2.45, 2.75) is 32.2 Å². The number of halogens is 1. The van der Waals surface area contributed by atoms with E-state index in [0.29, 0.717) is 12.5 Å². The van der Waals surface area contributed by atoms with Crippen molar-refractivity contribution in [3.05, 3.63) is 65.8 Å². The Morgan fingerprint density at radius 2 is 1.85 bits per heavy atom. The van der Waals surface area contributed by atoms with E-state index in [1.54, 1.807) is 24.5 Å². The lowest BCUT2D eigenvalue weighted by Gasteiger charge is -2.31. The van der Waals surface area contributed by atoms with E-state index in [4.69, 9.17) is 0 Å². The van der Waals surface area contributed by atoms with Crippen molar-refractivity contribution in [1.29, 1.82) is 0 Å². The van der Waals surface area contributed by atoms with Gasteiger partial charge in [0.25, 0.3) is 0 Å². The van der Waals surface area contributed by atoms with E-state index in [1.807, 2.05) is 19.1 Å². The van der Waals surface area contributed by atoms with Gasteiger partial charge in [-0.15, -0.1) is 10.2 Å². The Morgan fingerprint density at radius 3 is 2.58 bits per heavy atom. The molecule has 6 nitrogen and oxygen atoms in total. The standard InChI is InChI=1S/C19H21FN6/c1-14-23-24-18(26(14)13-15-4-2-5-17(20)12-15)16-6-10-25(11-7-16)19-21-8-3-9-22-19/h2-5,8-9,12,16H,6-7,10-11,13H2,1H3. The molecule has 0 spiro atoms. The Kier molecular flexibility index (Phi) is 4.60. The van der Waals surface area contributed by atoms with Crippen LogP contribution in [0.3, 0.4) is 0 Å². The predicted octanol–water partition coefficient (Wildman–Crippen LogP) is 2.95. The zero-order valence-electron chi connectivity index (χ0n) is 14.7. The number of nitrogens with zero attached hydrogens (tertiary/aromatic N) is 6. The number of hydrogen-bond donors (Lipinski definition) is 0. The van der Waals surface area contributed by atoms with E-state index < -0.39 is 0 Å². The molecule has 0 radical (unpaired) electrons. The molecule has 0 N–H and O–H groups in total. The van der Waals surface area contributed by atoms with Crippen molar-refractivity contribution in [2.75, 3.05) is 18.0 Å². The van der Waals surface area contributed by atoms with Gasteiger partial charge in [-0.3, -0.25) is 0 Å². The predicted molar refractivity (Wildman–Crippen MR) is 96.5 cm³/mol. The highest BCUT2D eigenvalue weighted by atomic mass is 19.1. The molecule has 0 amide bonds. The van der Waals surface area contributed by atoms with Crippen molar-refractivity contribution in [3.63, 3.8) is 0 Å². The lowest BCUT2D eigenvalue weighted by Crippen LogP contribution is -2.34. The summed E-state index contributed by atoms with van der Waals surface area (Å²) in [5.74, 6) is 2.75. The third-order valence-electron chi connectivity index (χ3n) is 4.89. The minimum Gasteiger partial charge on any atom is -0.341 e. The van der Waals surface area contributed by atoms with Crippen molar-refractivity contribution >= 4 is 5.95 Å². The van der Waals surface area contributed by atoms with Gasteiger partial charge < -0.3 is 9.47 Å². The fourth-order valence-corrected chi connectivity index (χ4v) is 3.50. The molecular formula is C19H21FN6. The number of aryl methyl sites for hydroxylation is 1. The van der Waals surface area contributed by atoms with Gasteiger partial charge in [0, 0.05) is 31.4 Å². The quantitative estimate of drug-likeness (QED) is 0.722. The zero-order valence-corrected chi connectivity index (χ0v) is 14.7. The molecule has 1 aliphatic rings. The third kappa shape index (κ3) is 3.42. The molecule has 26 heavy (non-hydrogen) atoms. The molecule has 0 aliphatic carbocycles. The van der Waals surface area contributed by atoms with Gasteiger partial charge in [0.2, 0.25) is 5.95 Å². The van der Waals surface area contributed by atoms with Crippen LogP contribution in [0.25, 0.3) is 0 Å². The van der Waals surface area contributed by atoms with Crippen LogP contribution in [0, 0.1) is 12.7 Å². The second-order valence-electron chi connectivity index (χ2n) is 6.63. The molecule has 2 aromatic heterocycles. The molecule has 1 saturated heterocycles. The molecule has 134 valence electrons. The van der Waals surface area contributed by atoms with Crippen LogP contribution in [-0.2, 0) is 6.54 Å². The van der Waals surface area contributed by atoms with E-state index in [1.165, 1.54) is 6.07 Å². The average Bonchev–Trinajstić information content (AvgIpc) is 3.03. The van der Waals surface area contributed by atoms with Gasteiger partial charge in [-0.25, -0.2) is 14.4 Å². The molecule has 0 saturated carbocycles. The third-order valence-corrected chi connectivity index (χ3v) is 4.89. The first-order valence-corrected chi connectivity index (χ1v) is 8.87. The molecule has 4 rings (SSSR count). The molecule has 1 aliphatic heterocycles. The molecule has 0 atom stereocenters. The van der Waals surface area contributed by atoms with E-state index in [2.05, 4.69) is 29.6 Å². The fraction of sp³-hybridized carbons (Fsp3) is 0.368. The van der Waals surface area contributed by atoms with E-state index in [-0.39, 0.29) is 5.82 Å². The Labute approximate surface area is 151 Å². The monoisotopic (exact) mass is 352 g/mol. The molecule has 7 heteroatoms. The zero-order chi connectivity index (χ0) is 17.9. The lowest BCUT2D eigenvalue weighted by atomic mass is 9.96. The highest BCUT2D eigenvalue weighted by molar-refractivity contribution is 5.30. The Bertz CT molecular complexity index is 871. The number of benzene rings is 1. The van der Waals surface area contributed by atoms with Gasteiger partial charge in [0.05, 0.1) is 6.54 Å². The van der Waals surface area contributed by atoms with E-state index in [0.717, 1.165) is 49.1 Å². The molecule has 0 unspecified atom stereocenters. The summed E-state index contributed by atoms with van der Waals surface area (Å²) < 4.78 is 15.6. The molecule has 3 heterocycles. The number of anilines is 1. The topological polar surface area (TPSA) is 59.7 Å². The molecular weight excluding hydrogens is 331 g/mol. The number of rotatable bonds is 4. The van der Waals surface area contributed by atoms with Crippen molar-refractivity contribution < 1.29 is 4.39 Å². The summed E-state index contributed by atoms with van der Waals surface area (Å²) in [5.41, 5.74) is 0.921. The number of aromatic nitrogens is 5. The number of piperidine rings is 1. The smallest absolute Gasteiger partial charge is 0.225 e. The molecule has 1 fully saturated rings. The van der Waals surface area contributed by atoms with E-state index >= 15 is 0 Å². The first-order chi connectivity index (χ1) is 12.7. The first-order valence-electron chi connectivity index (χ1n) is 8.87. The largest absolute Gasteiger partial charge is 0.341 e. The van der Waals surface area contributed by atoms with Gasteiger partial charge in [-0.2, -0.15) is 0 Å². The van der Waals surface area contributed by atoms with Crippen LogP contribution in [0.4, 0.5) is 10.3 Å². The minimum atomic E-state index is -0.217. The van der Waals surface area contributed by atoms with Gasteiger partial charge in [0.15, 0.2) is 0 Å². The molecule has 3 aromatic rings. The van der Waals surface area contributed by atoms with Gasteiger partial charge in [-0.05, 0) is 43.5 Å². The summed E-state index contributed by atoms with van der Waals surface area (Å²) in [6, 6.07) is 8.53. The Balaban J connectivity index is 1.49. The van der Waals surface area contributed by atoms with Gasteiger partial charge in [-0.1, -0.05) is 12.1 Å². The fourth-order valence-electron chi connectivity index (χ4n) is 3.50. The van der Waals surface area contributed by atoms with Crippen LogP contribution in [0.15, 0.2) is 42.7 Å². The second-order valence-corrected chi connectivity index (χ2v) is 6.63. The SMILES string of the molecule is Cc1nnc(C2CCN(c3ncccn3)CC2)n1Cc1cccc(F)c1.